The molecule has 0 aliphatic heterocycles. The molecule has 0 aliphatic carbocycles. The number of carbonyl (C=O) groups is 1. The van der Waals surface area contributed by atoms with Gasteiger partial charge >= 0.3 is 0 Å². The number of nitriles is 1. The molecule has 0 N–H and O–H groups in total. The summed E-state index contributed by atoms with van der Waals surface area (Å²) in [5, 5.41) is 9.38. The summed E-state index contributed by atoms with van der Waals surface area (Å²) < 4.78 is 5.07. The van der Waals surface area contributed by atoms with Crippen LogP contribution in [0.3, 0.4) is 0 Å². The van der Waals surface area contributed by atoms with Gasteiger partial charge in [0.1, 0.15) is 11.7 Å². The standard InChI is InChI=1S/C18H17NO2/c1-12-4-5-15(10-13(12)2)17(11-19)18(20)14-6-8-16(21-3)9-7-14/h4-10,17H,1-3H3. The minimum absolute atomic E-state index is 0.191. The molecule has 0 bridgehead atoms. The Bertz CT molecular complexity index is 696. The number of methoxy groups -OCH3 is 1. The molecule has 106 valence electrons. The van der Waals surface area contributed by atoms with Crippen LogP contribution in [0, 0.1) is 25.2 Å². The van der Waals surface area contributed by atoms with Crippen LogP contribution in [-0.4, -0.2) is 12.9 Å². The maximum Gasteiger partial charge on any atom is 0.184 e. The van der Waals surface area contributed by atoms with Gasteiger partial charge in [0.05, 0.1) is 13.2 Å². The summed E-state index contributed by atoms with van der Waals surface area (Å²) >= 11 is 0. The van der Waals surface area contributed by atoms with Gasteiger partial charge in [-0.25, -0.2) is 0 Å². The average molecular weight is 279 g/mol. The molecule has 1 unspecified atom stereocenters. The van der Waals surface area contributed by atoms with Crippen LogP contribution < -0.4 is 4.74 Å². The molecule has 2 rings (SSSR count). The third kappa shape index (κ3) is 3.11. The summed E-state index contributed by atoms with van der Waals surface area (Å²) in [5.74, 6) is -0.285. The molecule has 0 saturated carbocycles. The predicted octanol–water partition coefficient (Wildman–Crippen LogP) is 3.80. The summed E-state index contributed by atoms with van der Waals surface area (Å²) in [5.41, 5.74) is 3.48. The summed E-state index contributed by atoms with van der Waals surface area (Å²) in [6.45, 7) is 3.98. The van der Waals surface area contributed by atoms with E-state index in [1.54, 1.807) is 31.4 Å². The molecule has 3 nitrogen and oxygen atoms in total. The van der Waals surface area contributed by atoms with E-state index in [4.69, 9.17) is 4.74 Å². The highest BCUT2D eigenvalue weighted by Crippen LogP contribution is 2.23. The van der Waals surface area contributed by atoms with Crippen molar-refractivity contribution in [1.82, 2.24) is 0 Å². The number of hydrogen-bond acceptors (Lipinski definition) is 3. The fourth-order valence-electron chi connectivity index (χ4n) is 2.15. The number of Topliss-reactive ketones (excluding diaryl/α,β-unsaturated/α-hetero) is 1. The molecule has 1 atom stereocenters. The first-order valence-electron chi connectivity index (χ1n) is 6.72. The van der Waals surface area contributed by atoms with Crippen molar-refractivity contribution < 1.29 is 9.53 Å². The van der Waals surface area contributed by atoms with E-state index in [0.29, 0.717) is 11.3 Å². The molecular weight excluding hydrogens is 262 g/mol. The smallest absolute Gasteiger partial charge is 0.184 e. The average Bonchev–Trinajstić information content (AvgIpc) is 2.51. The van der Waals surface area contributed by atoms with E-state index in [1.165, 1.54) is 0 Å². The first-order valence-corrected chi connectivity index (χ1v) is 6.72. The van der Waals surface area contributed by atoms with E-state index in [-0.39, 0.29) is 5.78 Å². The van der Waals surface area contributed by atoms with Crippen molar-refractivity contribution in [2.75, 3.05) is 7.11 Å². The van der Waals surface area contributed by atoms with E-state index in [9.17, 15) is 10.1 Å². The Morgan fingerprint density at radius 3 is 2.29 bits per heavy atom. The van der Waals surface area contributed by atoms with E-state index in [1.807, 2.05) is 32.0 Å². The molecule has 0 aliphatic rings. The minimum atomic E-state index is -0.780. The lowest BCUT2D eigenvalue weighted by Gasteiger charge is -2.11. The van der Waals surface area contributed by atoms with Gasteiger partial charge in [0, 0.05) is 5.56 Å². The molecule has 0 aromatic heterocycles. The van der Waals surface area contributed by atoms with E-state index in [2.05, 4.69) is 6.07 Å². The van der Waals surface area contributed by atoms with Crippen molar-refractivity contribution in [1.29, 1.82) is 5.26 Å². The highest BCUT2D eigenvalue weighted by atomic mass is 16.5. The summed E-state index contributed by atoms with van der Waals surface area (Å²) in [7, 11) is 1.57. The zero-order valence-corrected chi connectivity index (χ0v) is 12.4. The predicted molar refractivity (Wildman–Crippen MR) is 81.6 cm³/mol. The summed E-state index contributed by atoms with van der Waals surface area (Å²) in [6.07, 6.45) is 0. The Morgan fingerprint density at radius 2 is 1.76 bits per heavy atom. The van der Waals surface area contributed by atoms with Crippen molar-refractivity contribution >= 4 is 5.78 Å². The van der Waals surface area contributed by atoms with Gasteiger partial charge in [0.25, 0.3) is 0 Å². The van der Waals surface area contributed by atoms with Gasteiger partial charge in [-0.2, -0.15) is 5.26 Å². The quantitative estimate of drug-likeness (QED) is 0.800. The first-order chi connectivity index (χ1) is 10.1. The largest absolute Gasteiger partial charge is 0.497 e. The Hall–Kier alpha value is -2.60. The first kappa shape index (κ1) is 14.8. The Labute approximate surface area is 124 Å². The lowest BCUT2D eigenvalue weighted by molar-refractivity contribution is 0.0979. The van der Waals surface area contributed by atoms with Crippen LogP contribution in [0.2, 0.25) is 0 Å². The molecule has 0 fully saturated rings. The van der Waals surface area contributed by atoms with Crippen LogP contribution in [0.1, 0.15) is 33.0 Å². The van der Waals surface area contributed by atoms with Crippen molar-refractivity contribution in [3.8, 4) is 11.8 Å². The molecule has 0 radical (unpaired) electrons. The van der Waals surface area contributed by atoms with Gasteiger partial charge in [0.2, 0.25) is 0 Å². The molecule has 0 amide bonds. The SMILES string of the molecule is COc1ccc(C(=O)C(C#N)c2ccc(C)c(C)c2)cc1. The molecule has 0 spiro atoms. The number of ketones is 1. The third-order valence-electron chi connectivity index (χ3n) is 3.63. The number of rotatable bonds is 4. The Balaban J connectivity index is 2.33. The van der Waals surface area contributed by atoms with E-state index < -0.39 is 5.92 Å². The molecule has 2 aromatic carbocycles. The maximum atomic E-state index is 12.5. The van der Waals surface area contributed by atoms with Crippen LogP contribution in [0.15, 0.2) is 42.5 Å². The minimum Gasteiger partial charge on any atom is -0.497 e. The number of benzene rings is 2. The zero-order chi connectivity index (χ0) is 15.4. The monoisotopic (exact) mass is 279 g/mol. The van der Waals surface area contributed by atoms with Crippen LogP contribution in [0.4, 0.5) is 0 Å². The van der Waals surface area contributed by atoms with Crippen molar-refractivity contribution in [2.45, 2.75) is 19.8 Å². The van der Waals surface area contributed by atoms with Crippen LogP contribution in [0.25, 0.3) is 0 Å². The molecule has 0 saturated heterocycles. The number of aryl methyl sites for hydroxylation is 2. The fraction of sp³-hybridized carbons (Fsp3) is 0.222. The van der Waals surface area contributed by atoms with E-state index in [0.717, 1.165) is 16.7 Å². The maximum absolute atomic E-state index is 12.5. The summed E-state index contributed by atoms with van der Waals surface area (Å²) in [6, 6.07) is 14.6. The van der Waals surface area contributed by atoms with Gasteiger partial charge in [-0.1, -0.05) is 18.2 Å². The number of nitrogens with zero attached hydrogens (tertiary/aromatic N) is 1. The highest BCUT2D eigenvalue weighted by Gasteiger charge is 2.22. The molecule has 0 heterocycles. The Kier molecular flexibility index (Phi) is 4.39. The normalized spacial score (nSPS) is 11.5. The highest BCUT2D eigenvalue weighted by molar-refractivity contribution is 6.02. The van der Waals surface area contributed by atoms with Crippen molar-refractivity contribution in [2.24, 2.45) is 0 Å². The van der Waals surface area contributed by atoms with Gasteiger partial charge in [-0.05, 0) is 54.8 Å². The van der Waals surface area contributed by atoms with Gasteiger partial charge in [-0.3, -0.25) is 4.79 Å². The molecule has 3 heteroatoms. The zero-order valence-electron chi connectivity index (χ0n) is 12.4. The van der Waals surface area contributed by atoms with Crippen molar-refractivity contribution in [3.63, 3.8) is 0 Å². The topological polar surface area (TPSA) is 50.1 Å². The second-order valence-electron chi connectivity index (χ2n) is 5.00. The number of hydrogen-bond donors (Lipinski definition) is 0. The number of ether oxygens (including phenoxy) is 1. The lowest BCUT2D eigenvalue weighted by Crippen LogP contribution is -2.11. The third-order valence-corrected chi connectivity index (χ3v) is 3.63. The van der Waals surface area contributed by atoms with E-state index >= 15 is 0 Å². The fourth-order valence-corrected chi connectivity index (χ4v) is 2.15. The van der Waals surface area contributed by atoms with Gasteiger partial charge in [-0.15, -0.1) is 0 Å². The van der Waals surface area contributed by atoms with Gasteiger partial charge in [0.15, 0.2) is 5.78 Å². The molecule has 2 aromatic rings. The van der Waals surface area contributed by atoms with Crippen molar-refractivity contribution in [3.05, 3.63) is 64.7 Å². The van der Waals surface area contributed by atoms with Crippen LogP contribution in [-0.2, 0) is 0 Å². The lowest BCUT2D eigenvalue weighted by atomic mass is 9.90. The summed E-state index contributed by atoms with van der Waals surface area (Å²) in [4.78, 5) is 12.5. The van der Waals surface area contributed by atoms with Crippen LogP contribution >= 0.6 is 0 Å². The Morgan fingerprint density at radius 1 is 1.10 bits per heavy atom. The van der Waals surface area contributed by atoms with Crippen LogP contribution in [0.5, 0.6) is 5.75 Å². The van der Waals surface area contributed by atoms with Gasteiger partial charge < -0.3 is 4.74 Å². The molecular formula is C18H17NO2. The second kappa shape index (κ2) is 6.23. The molecule has 21 heavy (non-hydrogen) atoms. The number of carbonyl (C=O) groups excluding carboxylic acids is 1. The second-order valence-corrected chi connectivity index (χ2v) is 5.00.